The molecule has 0 radical (unpaired) electrons. The number of aryl methyl sites for hydroxylation is 2. The molecule has 0 bridgehead atoms. The van der Waals surface area contributed by atoms with Crippen molar-refractivity contribution in [2.45, 2.75) is 45.6 Å². The summed E-state index contributed by atoms with van der Waals surface area (Å²) in [6.07, 6.45) is 4.41. The summed E-state index contributed by atoms with van der Waals surface area (Å²) >= 11 is 0. The highest BCUT2D eigenvalue weighted by Gasteiger charge is 2.28. The Labute approximate surface area is 249 Å². The fraction of sp³-hybridized carbons (Fsp3) is 0.406. The molecule has 2 saturated heterocycles. The Kier molecular flexibility index (Phi) is 9.54. The third-order valence-electron chi connectivity index (χ3n) is 8.33. The molecule has 3 heterocycles. The second-order valence-corrected chi connectivity index (χ2v) is 12.5. The summed E-state index contributed by atoms with van der Waals surface area (Å²) in [5.74, 6) is 0.519. The van der Waals surface area contributed by atoms with E-state index in [-0.39, 0.29) is 18.4 Å². The summed E-state index contributed by atoms with van der Waals surface area (Å²) in [6.45, 7) is 7.86. The Hall–Kier alpha value is -3.94. The molecule has 0 atom stereocenters. The van der Waals surface area contributed by atoms with E-state index in [9.17, 15) is 18.5 Å². The Balaban J connectivity index is 0.00000405. The van der Waals surface area contributed by atoms with E-state index in [1.165, 1.54) is 17.3 Å². The van der Waals surface area contributed by atoms with Gasteiger partial charge in [0.2, 0.25) is 0 Å². The van der Waals surface area contributed by atoms with Crippen molar-refractivity contribution in [1.82, 2.24) is 9.88 Å². The molecular weight excluding hydrogens is 548 g/mol. The van der Waals surface area contributed by atoms with E-state index in [0.29, 0.717) is 37.8 Å². The van der Waals surface area contributed by atoms with E-state index in [2.05, 4.69) is 35.0 Å². The first kappa shape index (κ1) is 31.0. The first-order valence-electron chi connectivity index (χ1n) is 14.0. The molecule has 5 rings (SSSR count). The van der Waals surface area contributed by atoms with Crippen LogP contribution < -0.4 is 14.9 Å². The number of para-hydroxylation sites is 1. The number of amides is 1. The quantitative estimate of drug-likeness (QED) is 0.456. The number of nitriles is 1. The van der Waals surface area contributed by atoms with Crippen LogP contribution in [0, 0.1) is 31.1 Å². The van der Waals surface area contributed by atoms with E-state index < -0.39 is 10.0 Å². The summed E-state index contributed by atoms with van der Waals surface area (Å²) in [5.41, 5.74) is 6.30. The van der Waals surface area contributed by atoms with Crippen molar-refractivity contribution in [1.29, 1.82) is 5.26 Å². The van der Waals surface area contributed by atoms with Crippen molar-refractivity contribution in [3.63, 3.8) is 0 Å². The molecule has 1 amide bonds. The number of anilines is 2. The number of nitrogens with zero attached hydrogens (tertiary/aromatic N) is 5. The SMILES string of the molecule is C.Cc1cc(C)c(C(=O)N2CCN(c3cccnc3S(N)(=O)=O)CC2)cc1CC1CCN(c2ccccc2C#N)CC1. The first-order chi connectivity index (χ1) is 19.7. The molecule has 9 nitrogen and oxygen atoms in total. The van der Waals surface area contributed by atoms with E-state index in [1.54, 1.807) is 12.1 Å². The van der Waals surface area contributed by atoms with Gasteiger partial charge < -0.3 is 14.7 Å². The molecule has 2 aliphatic heterocycles. The Morgan fingerprint density at radius 3 is 2.26 bits per heavy atom. The third-order valence-corrected chi connectivity index (χ3v) is 9.18. The van der Waals surface area contributed by atoms with Gasteiger partial charge in [-0.05, 0) is 86.1 Å². The largest absolute Gasteiger partial charge is 0.370 e. The summed E-state index contributed by atoms with van der Waals surface area (Å²) in [4.78, 5) is 23.7. The van der Waals surface area contributed by atoms with Crippen molar-refractivity contribution in [3.05, 3.63) is 82.5 Å². The number of sulfonamides is 1. The van der Waals surface area contributed by atoms with E-state index in [4.69, 9.17) is 5.14 Å². The topological polar surface area (TPSA) is 124 Å². The minimum Gasteiger partial charge on any atom is -0.370 e. The highest BCUT2D eigenvalue weighted by molar-refractivity contribution is 7.89. The van der Waals surface area contributed by atoms with Crippen LogP contribution in [0.4, 0.5) is 11.4 Å². The third kappa shape index (κ3) is 6.58. The lowest BCUT2D eigenvalue weighted by atomic mass is 9.86. The maximum absolute atomic E-state index is 13.7. The number of piperidine rings is 1. The van der Waals surface area contributed by atoms with Crippen LogP contribution in [0.2, 0.25) is 0 Å². The van der Waals surface area contributed by atoms with Crippen LogP contribution >= 0.6 is 0 Å². The van der Waals surface area contributed by atoms with Crippen LogP contribution in [0.15, 0.2) is 59.8 Å². The molecule has 0 spiro atoms. The normalized spacial score (nSPS) is 16.1. The lowest BCUT2D eigenvalue weighted by Crippen LogP contribution is -2.49. The number of pyridine rings is 1. The van der Waals surface area contributed by atoms with Gasteiger partial charge in [-0.15, -0.1) is 0 Å². The van der Waals surface area contributed by atoms with Gasteiger partial charge in [-0.2, -0.15) is 5.26 Å². The smallest absolute Gasteiger partial charge is 0.257 e. The molecular formula is C32H40N6O3S. The monoisotopic (exact) mass is 588 g/mol. The summed E-state index contributed by atoms with van der Waals surface area (Å²) in [7, 11) is -3.95. The highest BCUT2D eigenvalue weighted by atomic mass is 32.2. The zero-order valence-electron chi connectivity index (χ0n) is 23.6. The van der Waals surface area contributed by atoms with E-state index >= 15 is 0 Å². The molecule has 0 aliphatic carbocycles. The molecule has 42 heavy (non-hydrogen) atoms. The van der Waals surface area contributed by atoms with Crippen molar-refractivity contribution in [3.8, 4) is 6.07 Å². The van der Waals surface area contributed by atoms with Gasteiger partial charge in [0.25, 0.3) is 15.9 Å². The van der Waals surface area contributed by atoms with Gasteiger partial charge in [0.05, 0.1) is 16.9 Å². The fourth-order valence-corrected chi connectivity index (χ4v) is 6.74. The maximum atomic E-state index is 13.7. The zero-order valence-corrected chi connectivity index (χ0v) is 24.4. The van der Waals surface area contributed by atoms with Gasteiger partial charge in [0.1, 0.15) is 6.07 Å². The minimum absolute atomic E-state index is 0. The van der Waals surface area contributed by atoms with E-state index in [1.807, 2.05) is 41.0 Å². The maximum Gasteiger partial charge on any atom is 0.257 e. The number of nitrogens with two attached hydrogens (primary N) is 1. The van der Waals surface area contributed by atoms with Crippen LogP contribution in [0.1, 0.15) is 52.9 Å². The number of rotatable bonds is 6. The molecule has 2 N–H and O–H groups in total. The minimum atomic E-state index is -3.95. The number of carbonyl (C=O) groups excluding carboxylic acids is 1. The van der Waals surface area contributed by atoms with Crippen LogP contribution in [-0.4, -0.2) is 63.5 Å². The molecule has 2 aromatic carbocycles. The molecule has 0 unspecified atom stereocenters. The summed E-state index contributed by atoms with van der Waals surface area (Å²) in [6, 6.07) is 17.7. The Bertz CT molecular complexity index is 1580. The van der Waals surface area contributed by atoms with Crippen molar-refractivity contribution in [2.75, 3.05) is 49.1 Å². The molecule has 2 fully saturated rings. The second-order valence-electron chi connectivity index (χ2n) is 11.0. The molecule has 0 saturated carbocycles. The highest BCUT2D eigenvalue weighted by Crippen LogP contribution is 2.30. The van der Waals surface area contributed by atoms with Gasteiger partial charge in [-0.3, -0.25) is 4.79 Å². The summed E-state index contributed by atoms with van der Waals surface area (Å²) in [5, 5.41) is 14.7. The summed E-state index contributed by atoms with van der Waals surface area (Å²) < 4.78 is 24.0. The van der Waals surface area contributed by atoms with Crippen LogP contribution in [0.3, 0.4) is 0 Å². The van der Waals surface area contributed by atoms with Gasteiger partial charge >= 0.3 is 0 Å². The van der Waals surface area contributed by atoms with Crippen LogP contribution in [0.5, 0.6) is 0 Å². The average molecular weight is 589 g/mol. The lowest BCUT2D eigenvalue weighted by Gasteiger charge is -2.37. The van der Waals surface area contributed by atoms with Crippen LogP contribution in [-0.2, 0) is 16.4 Å². The van der Waals surface area contributed by atoms with E-state index in [0.717, 1.165) is 54.7 Å². The second kappa shape index (κ2) is 12.9. The number of hydrogen-bond donors (Lipinski definition) is 1. The Morgan fingerprint density at radius 2 is 1.60 bits per heavy atom. The van der Waals surface area contributed by atoms with Gasteiger partial charge in [0.15, 0.2) is 5.03 Å². The standard InChI is InChI=1S/C31H36N6O3S.CH4/c1-22-18-23(2)27(20-26(22)19-24-9-12-35(13-10-24)28-7-4-3-6-25(28)21-32)31(38)37-16-14-36(15-17-37)29-8-5-11-34-30(29)41(33,39)40;/h3-8,11,18,20,24H,9-10,12-17,19H2,1-2H3,(H2,33,39,40);1H4. The first-order valence-corrected chi connectivity index (χ1v) is 15.6. The molecule has 3 aromatic rings. The Morgan fingerprint density at radius 1 is 0.952 bits per heavy atom. The molecule has 2 aliphatic rings. The van der Waals surface area contributed by atoms with Crippen molar-refractivity contribution < 1.29 is 13.2 Å². The molecule has 10 heteroatoms. The number of aromatic nitrogens is 1. The predicted octanol–water partition coefficient (Wildman–Crippen LogP) is 4.28. The number of carbonyl (C=O) groups is 1. The lowest BCUT2D eigenvalue weighted by molar-refractivity contribution is 0.0745. The average Bonchev–Trinajstić information content (AvgIpc) is 2.98. The van der Waals surface area contributed by atoms with Gasteiger partial charge in [-0.1, -0.05) is 25.6 Å². The predicted molar refractivity (Wildman–Crippen MR) is 166 cm³/mol. The van der Waals surface area contributed by atoms with Gasteiger partial charge in [0, 0.05) is 51.0 Å². The fourth-order valence-electron chi connectivity index (χ4n) is 6.04. The van der Waals surface area contributed by atoms with Crippen LogP contribution in [0.25, 0.3) is 0 Å². The zero-order chi connectivity index (χ0) is 29.1. The van der Waals surface area contributed by atoms with Gasteiger partial charge in [-0.25, -0.2) is 18.5 Å². The number of benzene rings is 2. The number of piperazine rings is 1. The number of hydrogen-bond acceptors (Lipinski definition) is 7. The molecule has 222 valence electrons. The van der Waals surface area contributed by atoms with Crippen molar-refractivity contribution >= 4 is 27.3 Å². The molecule has 1 aromatic heterocycles. The van der Waals surface area contributed by atoms with Crippen molar-refractivity contribution in [2.24, 2.45) is 11.1 Å². The number of primary sulfonamides is 1.